The van der Waals surface area contributed by atoms with Gasteiger partial charge in [-0.15, -0.1) is 0 Å². The molecule has 0 radical (unpaired) electrons. The lowest BCUT2D eigenvalue weighted by Gasteiger charge is -2.08. The van der Waals surface area contributed by atoms with Gasteiger partial charge in [-0.05, 0) is 37.1 Å². The van der Waals surface area contributed by atoms with Gasteiger partial charge in [0.15, 0.2) is 18.2 Å². The molecule has 1 rings (SSSR count). The zero-order chi connectivity index (χ0) is 13.4. The van der Waals surface area contributed by atoms with E-state index in [2.05, 4.69) is 5.32 Å². The molecule has 1 amide bonds. The molecule has 0 bridgehead atoms. The SMILES string of the molecule is CCCNC(=O)COc1ccc(CCN)cc1F. The fraction of sp³-hybridized carbons (Fsp3) is 0.462. The Morgan fingerprint density at radius 2 is 2.28 bits per heavy atom. The van der Waals surface area contributed by atoms with Gasteiger partial charge in [0.1, 0.15) is 0 Å². The van der Waals surface area contributed by atoms with E-state index in [9.17, 15) is 9.18 Å². The van der Waals surface area contributed by atoms with Crippen LogP contribution in [0.4, 0.5) is 4.39 Å². The van der Waals surface area contributed by atoms with Crippen molar-refractivity contribution >= 4 is 5.91 Å². The largest absolute Gasteiger partial charge is 0.481 e. The average Bonchev–Trinajstić information content (AvgIpc) is 2.35. The number of rotatable bonds is 7. The first-order valence-electron chi connectivity index (χ1n) is 6.05. The smallest absolute Gasteiger partial charge is 0.257 e. The van der Waals surface area contributed by atoms with E-state index >= 15 is 0 Å². The normalized spacial score (nSPS) is 10.2. The Bertz CT molecular complexity index is 397. The average molecular weight is 254 g/mol. The molecule has 0 atom stereocenters. The molecule has 0 aliphatic heterocycles. The molecule has 1 aromatic rings. The highest BCUT2D eigenvalue weighted by molar-refractivity contribution is 5.77. The summed E-state index contributed by atoms with van der Waals surface area (Å²) in [6.07, 6.45) is 1.47. The van der Waals surface area contributed by atoms with E-state index in [0.717, 1.165) is 12.0 Å². The van der Waals surface area contributed by atoms with E-state index in [-0.39, 0.29) is 18.3 Å². The fourth-order valence-electron chi connectivity index (χ4n) is 1.44. The van der Waals surface area contributed by atoms with Crippen molar-refractivity contribution in [2.45, 2.75) is 19.8 Å². The van der Waals surface area contributed by atoms with E-state index in [4.69, 9.17) is 10.5 Å². The lowest BCUT2D eigenvalue weighted by atomic mass is 10.1. The molecule has 5 heteroatoms. The van der Waals surface area contributed by atoms with E-state index in [1.165, 1.54) is 12.1 Å². The van der Waals surface area contributed by atoms with Crippen molar-refractivity contribution in [2.24, 2.45) is 5.73 Å². The highest BCUT2D eigenvalue weighted by atomic mass is 19.1. The standard InChI is InChI=1S/C13H19FN2O2/c1-2-7-16-13(17)9-18-12-4-3-10(5-6-15)8-11(12)14/h3-4,8H,2,5-7,9,15H2,1H3,(H,16,17). The number of hydrogen-bond donors (Lipinski definition) is 2. The molecule has 0 heterocycles. The Morgan fingerprint density at radius 1 is 1.50 bits per heavy atom. The van der Waals surface area contributed by atoms with Gasteiger partial charge >= 0.3 is 0 Å². The van der Waals surface area contributed by atoms with Crippen molar-refractivity contribution in [3.05, 3.63) is 29.6 Å². The summed E-state index contributed by atoms with van der Waals surface area (Å²) in [5.41, 5.74) is 6.20. The number of carbonyl (C=O) groups excluding carboxylic acids is 1. The first kappa shape index (κ1) is 14.4. The number of benzene rings is 1. The molecule has 0 spiro atoms. The summed E-state index contributed by atoms with van der Waals surface area (Å²) in [5, 5.41) is 2.65. The number of nitrogens with two attached hydrogens (primary N) is 1. The number of hydrogen-bond acceptors (Lipinski definition) is 3. The Balaban J connectivity index is 2.49. The topological polar surface area (TPSA) is 64.3 Å². The lowest BCUT2D eigenvalue weighted by molar-refractivity contribution is -0.123. The third-order valence-electron chi connectivity index (χ3n) is 2.36. The maximum Gasteiger partial charge on any atom is 0.257 e. The predicted molar refractivity (Wildman–Crippen MR) is 68.0 cm³/mol. The molecule has 0 unspecified atom stereocenters. The highest BCUT2D eigenvalue weighted by Gasteiger charge is 2.07. The van der Waals surface area contributed by atoms with E-state index in [0.29, 0.717) is 19.5 Å². The summed E-state index contributed by atoms with van der Waals surface area (Å²) in [5.74, 6) is -0.631. The van der Waals surface area contributed by atoms with Gasteiger partial charge < -0.3 is 15.8 Å². The molecule has 0 aromatic heterocycles. The predicted octanol–water partition coefficient (Wildman–Crippen LogP) is 1.23. The van der Waals surface area contributed by atoms with Crippen LogP contribution in [0.15, 0.2) is 18.2 Å². The van der Waals surface area contributed by atoms with Gasteiger partial charge in [-0.3, -0.25) is 4.79 Å². The molecule has 0 saturated heterocycles. The van der Waals surface area contributed by atoms with Gasteiger partial charge in [-0.1, -0.05) is 13.0 Å². The number of ether oxygens (including phenoxy) is 1. The van der Waals surface area contributed by atoms with Crippen LogP contribution in [0.1, 0.15) is 18.9 Å². The second-order valence-electron chi connectivity index (χ2n) is 3.94. The summed E-state index contributed by atoms with van der Waals surface area (Å²) in [6, 6.07) is 4.65. The Hall–Kier alpha value is -1.62. The van der Waals surface area contributed by atoms with Gasteiger partial charge in [-0.2, -0.15) is 0 Å². The van der Waals surface area contributed by atoms with Crippen molar-refractivity contribution in [2.75, 3.05) is 19.7 Å². The second kappa shape index (κ2) is 7.66. The number of halogens is 1. The number of nitrogens with one attached hydrogen (secondary N) is 1. The van der Waals surface area contributed by atoms with Gasteiger partial charge in [0.05, 0.1) is 0 Å². The lowest BCUT2D eigenvalue weighted by Crippen LogP contribution is -2.29. The van der Waals surface area contributed by atoms with Crippen LogP contribution in [0.5, 0.6) is 5.75 Å². The molecule has 0 aliphatic rings. The van der Waals surface area contributed by atoms with Crippen molar-refractivity contribution in [1.82, 2.24) is 5.32 Å². The maximum absolute atomic E-state index is 13.6. The zero-order valence-corrected chi connectivity index (χ0v) is 10.5. The Labute approximate surface area is 106 Å². The first-order chi connectivity index (χ1) is 8.67. The van der Waals surface area contributed by atoms with E-state index in [1.54, 1.807) is 6.07 Å². The van der Waals surface area contributed by atoms with Gasteiger partial charge in [0.2, 0.25) is 0 Å². The summed E-state index contributed by atoms with van der Waals surface area (Å²) in [6.45, 7) is 2.85. The number of amides is 1. The molecule has 0 aliphatic carbocycles. The van der Waals surface area contributed by atoms with Gasteiger partial charge in [0.25, 0.3) is 5.91 Å². The summed E-state index contributed by atoms with van der Waals surface area (Å²) >= 11 is 0. The van der Waals surface area contributed by atoms with Crippen molar-refractivity contribution in [1.29, 1.82) is 0 Å². The Kier molecular flexibility index (Phi) is 6.14. The quantitative estimate of drug-likeness (QED) is 0.769. The van der Waals surface area contributed by atoms with Crippen LogP contribution in [0.2, 0.25) is 0 Å². The highest BCUT2D eigenvalue weighted by Crippen LogP contribution is 2.18. The molecular weight excluding hydrogens is 235 g/mol. The summed E-state index contributed by atoms with van der Waals surface area (Å²) in [7, 11) is 0. The third kappa shape index (κ3) is 4.71. The summed E-state index contributed by atoms with van der Waals surface area (Å²) in [4.78, 5) is 11.3. The van der Waals surface area contributed by atoms with E-state index in [1.807, 2.05) is 6.92 Å². The van der Waals surface area contributed by atoms with Crippen LogP contribution < -0.4 is 15.8 Å². The molecule has 1 aromatic carbocycles. The molecule has 0 fully saturated rings. The minimum Gasteiger partial charge on any atom is -0.481 e. The number of carbonyl (C=O) groups is 1. The molecule has 3 N–H and O–H groups in total. The minimum atomic E-state index is -0.468. The first-order valence-corrected chi connectivity index (χ1v) is 6.05. The van der Waals surface area contributed by atoms with Crippen molar-refractivity contribution in [3.63, 3.8) is 0 Å². The van der Waals surface area contributed by atoms with Gasteiger partial charge in [0, 0.05) is 6.54 Å². The van der Waals surface area contributed by atoms with Crippen molar-refractivity contribution in [3.8, 4) is 5.75 Å². The van der Waals surface area contributed by atoms with Crippen LogP contribution >= 0.6 is 0 Å². The fourth-order valence-corrected chi connectivity index (χ4v) is 1.44. The zero-order valence-electron chi connectivity index (χ0n) is 10.5. The van der Waals surface area contributed by atoms with Gasteiger partial charge in [-0.25, -0.2) is 4.39 Å². The minimum absolute atomic E-state index is 0.0856. The Morgan fingerprint density at radius 3 is 2.89 bits per heavy atom. The molecule has 100 valence electrons. The second-order valence-corrected chi connectivity index (χ2v) is 3.94. The van der Waals surface area contributed by atoms with Crippen LogP contribution in [-0.4, -0.2) is 25.6 Å². The monoisotopic (exact) mass is 254 g/mol. The maximum atomic E-state index is 13.6. The van der Waals surface area contributed by atoms with Crippen LogP contribution in [0, 0.1) is 5.82 Å². The van der Waals surface area contributed by atoms with E-state index < -0.39 is 5.82 Å². The van der Waals surface area contributed by atoms with Crippen LogP contribution in [0.3, 0.4) is 0 Å². The molecule has 0 saturated carbocycles. The molecule has 18 heavy (non-hydrogen) atoms. The van der Waals surface area contributed by atoms with Crippen molar-refractivity contribution < 1.29 is 13.9 Å². The third-order valence-corrected chi connectivity index (χ3v) is 2.36. The molecular formula is C13H19FN2O2. The van der Waals surface area contributed by atoms with Crippen LogP contribution in [0.25, 0.3) is 0 Å². The summed E-state index contributed by atoms with van der Waals surface area (Å²) < 4.78 is 18.7. The molecule has 4 nitrogen and oxygen atoms in total. The van der Waals surface area contributed by atoms with Crippen LogP contribution in [-0.2, 0) is 11.2 Å².